The third-order valence-electron chi connectivity index (χ3n) is 5.59. The molecular formula is C29H26O6. The van der Waals surface area contributed by atoms with Crippen LogP contribution in [0.2, 0.25) is 0 Å². The molecule has 0 saturated heterocycles. The number of esters is 3. The third-order valence-corrected chi connectivity index (χ3v) is 5.59. The van der Waals surface area contributed by atoms with Gasteiger partial charge in [-0.2, -0.15) is 0 Å². The highest BCUT2D eigenvalue weighted by Gasteiger charge is 2.31. The standard InChI is InChI=1S/C29H26O6/c1-5-26(30)33-23-14-8-20(9-15-23)29(4,21-10-16-24(17-11-21)34-27(31)6-2)22-12-18-25(19-13-22)35-28(32)7-3/h5-6,8-19H,1-2,7H2,3-4H3. The summed E-state index contributed by atoms with van der Waals surface area (Å²) in [6.07, 6.45) is 2.49. The summed E-state index contributed by atoms with van der Waals surface area (Å²) in [6, 6.07) is 21.7. The van der Waals surface area contributed by atoms with Gasteiger partial charge in [-0.15, -0.1) is 0 Å². The molecule has 0 N–H and O–H groups in total. The second-order valence-electron chi connectivity index (χ2n) is 7.78. The van der Waals surface area contributed by atoms with Gasteiger partial charge in [0, 0.05) is 24.0 Å². The van der Waals surface area contributed by atoms with Crippen molar-refractivity contribution in [2.75, 3.05) is 0 Å². The van der Waals surface area contributed by atoms with Crippen LogP contribution < -0.4 is 14.2 Å². The minimum Gasteiger partial charge on any atom is -0.427 e. The predicted molar refractivity (Wildman–Crippen MR) is 132 cm³/mol. The third kappa shape index (κ3) is 5.92. The van der Waals surface area contributed by atoms with Gasteiger partial charge in [0.25, 0.3) is 0 Å². The molecule has 0 atom stereocenters. The van der Waals surface area contributed by atoms with Crippen molar-refractivity contribution >= 4 is 17.9 Å². The van der Waals surface area contributed by atoms with Crippen LogP contribution in [0.5, 0.6) is 17.2 Å². The first-order chi connectivity index (χ1) is 16.8. The van der Waals surface area contributed by atoms with Crippen molar-refractivity contribution in [2.45, 2.75) is 25.7 Å². The van der Waals surface area contributed by atoms with Crippen LogP contribution >= 0.6 is 0 Å². The van der Waals surface area contributed by atoms with Crippen molar-refractivity contribution in [1.29, 1.82) is 0 Å². The first-order valence-electron chi connectivity index (χ1n) is 11.0. The van der Waals surface area contributed by atoms with Gasteiger partial charge in [-0.05, 0) is 60.0 Å². The van der Waals surface area contributed by atoms with Crippen molar-refractivity contribution < 1.29 is 28.6 Å². The molecule has 0 heterocycles. The molecule has 0 aliphatic carbocycles. The van der Waals surface area contributed by atoms with E-state index in [9.17, 15) is 14.4 Å². The van der Waals surface area contributed by atoms with Crippen LogP contribution in [0.15, 0.2) is 98.1 Å². The van der Waals surface area contributed by atoms with Gasteiger partial charge in [0.1, 0.15) is 17.2 Å². The van der Waals surface area contributed by atoms with Crippen molar-refractivity contribution in [1.82, 2.24) is 0 Å². The minimum absolute atomic E-state index is 0.283. The monoisotopic (exact) mass is 470 g/mol. The maximum atomic E-state index is 11.7. The average molecular weight is 471 g/mol. The molecule has 0 unspecified atom stereocenters. The summed E-state index contributed by atoms with van der Waals surface area (Å²) in [4.78, 5) is 34.8. The van der Waals surface area contributed by atoms with E-state index >= 15 is 0 Å². The summed E-state index contributed by atoms with van der Waals surface area (Å²) in [5.41, 5.74) is 2.13. The minimum atomic E-state index is -0.644. The van der Waals surface area contributed by atoms with Crippen LogP contribution in [-0.4, -0.2) is 17.9 Å². The lowest BCUT2D eigenvalue weighted by Crippen LogP contribution is -2.25. The van der Waals surface area contributed by atoms with Gasteiger partial charge in [-0.25, -0.2) is 9.59 Å². The molecule has 0 saturated carbocycles. The Labute approximate surface area is 204 Å². The van der Waals surface area contributed by atoms with Gasteiger partial charge in [-0.3, -0.25) is 4.79 Å². The highest BCUT2D eigenvalue weighted by molar-refractivity contribution is 5.83. The normalized spacial score (nSPS) is 10.7. The fourth-order valence-electron chi connectivity index (χ4n) is 3.59. The number of benzene rings is 3. The first-order valence-corrected chi connectivity index (χ1v) is 11.0. The Balaban J connectivity index is 2.03. The van der Waals surface area contributed by atoms with Crippen molar-refractivity contribution in [2.24, 2.45) is 0 Å². The zero-order chi connectivity index (χ0) is 25.4. The summed E-state index contributed by atoms with van der Waals surface area (Å²) in [7, 11) is 0. The van der Waals surface area contributed by atoms with Crippen LogP contribution in [-0.2, 0) is 19.8 Å². The summed E-state index contributed by atoms with van der Waals surface area (Å²) in [6.45, 7) is 10.6. The predicted octanol–water partition coefficient (Wildman–Crippen LogP) is 5.54. The number of carbonyl (C=O) groups is 3. The Morgan fingerprint density at radius 3 is 1.26 bits per heavy atom. The molecule has 3 aromatic rings. The van der Waals surface area contributed by atoms with E-state index in [1.54, 1.807) is 43.3 Å². The van der Waals surface area contributed by atoms with E-state index in [1.165, 1.54) is 0 Å². The number of rotatable bonds is 9. The molecule has 0 radical (unpaired) electrons. The fourth-order valence-corrected chi connectivity index (χ4v) is 3.59. The molecule has 6 nitrogen and oxygen atoms in total. The molecule has 3 rings (SSSR count). The number of hydrogen-bond acceptors (Lipinski definition) is 6. The second-order valence-corrected chi connectivity index (χ2v) is 7.78. The highest BCUT2D eigenvalue weighted by Crippen LogP contribution is 2.40. The lowest BCUT2D eigenvalue weighted by Gasteiger charge is -2.32. The van der Waals surface area contributed by atoms with Gasteiger partial charge in [0.15, 0.2) is 0 Å². The first kappa shape index (κ1) is 25.2. The van der Waals surface area contributed by atoms with Crippen LogP contribution in [0.4, 0.5) is 0 Å². The van der Waals surface area contributed by atoms with Crippen LogP contribution in [0.25, 0.3) is 0 Å². The van der Waals surface area contributed by atoms with Gasteiger partial charge < -0.3 is 14.2 Å². The van der Waals surface area contributed by atoms with E-state index < -0.39 is 17.4 Å². The largest absolute Gasteiger partial charge is 0.427 e. The van der Waals surface area contributed by atoms with Gasteiger partial charge >= 0.3 is 17.9 Å². The van der Waals surface area contributed by atoms with Crippen molar-refractivity contribution in [3.05, 3.63) is 115 Å². The molecule has 0 aromatic heterocycles. The molecule has 0 spiro atoms. The molecule has 0 aliphatic rings. The zero-order valence-corrected chi connectivity index (χ0v) is 19.7. The molecule has 0 amide bonds. The number of carbonyl (C=O) groups excluding carboxylic acids is 3. The smallest absolute Gasteiger partial charge is 0.335 e. The lowest BCUT2D eigenvalue weighted by atomic mass is 9.71. The lowest BCUT2D eigenvalue weighted by molar-refractivity contribution is -0.134. The molecule has 0 bridgehead atoms. The van der Waals surface area contributed by atoms with E-state index in [2.05, 4.69) is 20.1 Å². The van der Waals surface area contributed by atoms with E-state index in [0.29, 0.717) is 17.2 Å². The van der Waals surface area contributed by atoms with Gasteiger partial charge in [0.2, 0.25) is 0 Å². The molecule has 178 valence electrons. The zero-order valence-electron chi connectivity index (χ0n) is 19.7. The maximum absolute atomic E-state index is 11.7. The Kier molecular flexibility index (Phi) is 8.00. The molecule has 6 heteroatoms. The van der Waals surface area contributed by atoms with E-state index in [0.717, 1.165) is 28.8 Å². The summed E-state index contributed by atoms with van der Waals surface area (Å²) >= 11 is 0. The maximum Gasteiger partial charge on any atom is 0.335 e. The van der Waals surface area contributed by atoms with Gasteiger partial charge in [-0.1, -0.05) is 56.5 Å². The molecule has 0 fully saturated rings. The topological polar surface area (TPSA) is 78.9 Å². The van der Waals surface area contributed by atoms with E-state index in [4.69, 9.17) is 14.2 Å². The van der Waals surface area contributed by atoms with Crippen LogP contribution in [0.3, 0.4) is 0 Å². The summed E-state index contributed by atoms with van der Waals surface area (Å²) in [5.74, 6) is -0.134. The fraction of sp³-hybridized carbons (Fsp3) is 0.138. The summed E-state index contributed by atoms with van der Waals surface area (Å²) in [5, 5.41) is 0. The highest BCUT2D eigenvalue weighted by atomic mass is 16.5. The second kappa shape index (κ2) is 11.1. The molecular weight excluding hydrogens is 444 g/mol. The Bertz CT molecular complexity index is 1160. The molecule has 3 aromatic carbocycles. The molecule has 0 aliphatic heterocycles. The van der Waals surface area contributed by atoms with E-state index in [-0.39, 0.29) is 12.4 Å². The van der Waals surface area contributed by atoms with Crippen LogP contribution in [0.1, 0.15) is 37.0 Å². The SMILES string of the molecule is C=CC(=O)Oc1ccc(C(C)(c2ccc(OC(=O)C=C)cc2)c2ccc(OC(=O)CC)cc2)cc1. The van der Waals surface area contributed by atoms with E-state index in [1.807, 2.05) is 36.4 Å². The number of hydrogen-bond donors (Lipinski definition) is 0. The van der Waals surface area contributed by atoms with Crippen molar-refractivity contribution in [3.63, 3.8) is 0 Å². The van der Waals surface area contributed by atoms with Crippen LogP contribution in [0, 0.1) is 0 Å². The van der Waals surface area contributed by atoms with Crippen molar-refractivity contribution in [3.8, 4) is 17.2 Å². The quantitative estimate of drug-likeness (QED) is 0.177. The number of ether oxygens (including phenoxy) is 3. The van der Waals surface area contributed by atoms with Gasteiger partial charge in [0.05, 0.1) is 0 Å². The summed E-state index contributed by atoms with van der Waals surface area (Å²) < 4.78 is 15.7. The molecule has 35 heavy (non-hydrogen) atoms. The average Bonchev–Trinajstić information content (AvgIpc) is 2.89. The Hall–Kier alpha value is -4.45. The Morgan fingerprint density at radius 2 is 0.971 bits per heavy atom. The Morgan fingerprint density at radius 1 is 0.657 bits per heavy atom.